The van der Waals surface area contributed by atoms with Crippen molar-refractivity contribution >= 4 is 29.9 Å². The summed E-state index contributed by atoms with van der Waals surface area (Å²) in [4.78, 5) is 6.75. The van der Waals surface area contributed by atoms with E-state index in [0.29, 0.717) is 12.5 Å². The second-order valence-electron chi connectivity index (χ2n) is 6.48. The molecule has 1 aliphatic rings. The van der Waals surface area contributed by atoms with Crippen molar-refractivity contribution in [3.8, 4) is 5.69 Å². The Balaban J connectivity index is 0.00000280. The Morgan fingerprint density at radius 1 is 1.21 bits per heavy atom. The average Bonchev–Trinajstić information content (AvgIpc) is 3.15. The number of hydrogen-bond acceptors (Lipinski definition) is 4. The number of guanidine groups is 1. The Bertz CT molecular complexity index is 730. The van der Waals surface area contributed by atoms with Crippen LogP contribution >= 0.6 is 24.0 Å². The lowest BCUT2D eigenvalue weighted by Gasteiger charge is -2.26. The molecule has 1 fully saturated rings. The molecule has 3 N–H and O–H groups in total. The van der Waals surface area contributed by atoms with Gasteiger partial charge in [-0.3, -0.25) is 9.89 Å². The molecule has 0 amide bonds. The molecule has 0 spiro atoms. The maximum absolute atomic E-state index is 13.0. The number of morpholine rings is 1. The van der Waals surface area contributed by atoms with Crippen LogP contribution in [-0.2, 0) is 11.2 Å². The normalized spacial score (nSPS) is 15.2. The van der Waals surface area contributed by atoms with Crippen LogP contribution in [0.4, 0.5) is 4.39 Å². The monoisotopic (exact) mass is 502 g/mol. The van der Waals surface area contributed by atoms with Crippen LogP contribution in [0.5, 0.6) is 0 Å². The summed E-state index contributed by atoms with van der Waals surface area (Å²) in [5.74, 6) is 0.213. The molecule has 28 heavy (non-hydrogen) atoms. The van der Waals surface area contributed by atoms with Gasteiger partial charge in [0.1, 0.15) is 5.82 Å². The predicted octanol–water partition coefficient (Wildman–Crippen LogP) is 1.80. The molecular formula is C19H28FIN6O. The van der Waals surface area contributed by atoms with Crippen molar-refractivity contribution in [1.82, 2.24) is 20.0 Å². The maximum atomic E-state index is 13.0. The summed E-state index contributed by atoms with van der Waals surface area (Å²) in [6.07, 6.45) is 3.59. The molecule has 1 aromatic heterocycles. The Kier molecular flexibility index (Phi) is 9.65. The number of nitrogens with one attached hydrogen (secondary N) is 1. The van der Waals surface area contributed by atoms with Crippen molar-refractivity contribution in [1.29, 1.82) is 0 Å². The van der Waals surface area contributed by atoms with Gasteiger partial charge < -0.3 is 15.8 Å². The Hall–Kier alpha value is -1.72. The first-order valence-electron chi connectivity index (χ1n) is 9.35. The number of nitrogens with zero attached hydrogens (tertiary/aromatic N) is 4. The van der Waals surface area contributed by atoms with Gasteiger partial charge in [-0.1, -0.05) is 0 Å². The zero-order valence-corrected chi connectivity index (χ0v) is 18.2. The summed E-state index contributed by atoms with van der Waals surface area (Å²) >= 11 is 0. The fraction of sp³-hybridized carbons (Fsp3) is 0.474. The summed E-state index contributed by atoms with van der Waals surface area (Å²) in [5.41, 5.74) is 7.68. The summed E-state index contributed by atoms with van der Waals surface area (Å²) in [7, 11) is 0. The van der Waals surface area contributed by atoms with Gasteiger partial charge in [0.25, 0.3) is 0 Å². The lowest BCUT2D eigenvalue weighted by atomic mass is 10.3. The number of halogens is 2. The number of ether oxygens (including phenoxy) is 1. The molecule has 1 aromatic carbocycles. The smallest absolute Gasteiger partial charge is 0.188 e. The van der Waals surface area contributed by atoms with E-state index in [2.05, 4.69) is 20.3 Å². The van der Waals surface area contributed by atoms with E-state index in [1.54, 1.807) is 16.8 Å². The van der Waals surface area contributed by atoms with Gasteiger partial charge in [0.2, 0.25) is 0 Å². The van der Waals surface area contributed by atoms with Crippen LogP contribution in [-0.4, -0.2) is 66.6 Å². The van der Waals surface area contributed by atoms with E-state index in [0.717, 1.165) is 63.6 Å². The van der Waals surface area contributed by atoms with E-state index < -0.39 is 0 Å². The van der Waals surface area contributed by atoms with E-state index >= 15 is 0 Å². The van der Waals surface area contributed by atoms with E-state index in [9.17, 15) is 4.39 Å². The van der Waals surface area contributed by atoms with E-state index in [-0.39, 0.29) is 29.8 Å². The molecule has 0 bridgehead atoms. The fourth-order valence-corrected chi connectivity index (χ4v) is 2.93. The lowest BCUT2D eigenvalue weighted by Crippen LogP contribution is -2.37. The van der Waals surface area contributed by atoms with Gasteiger partial charge in [-0.05, 0) is 36.8 Å². The van der Waals surface area contributed by atoms with Gasteiger partial charge in [0.05, 0.1) is 24.6 Å². The number of aliphatic imine (C=N–C) groups is 1. The second-order valence-corrected chi connectivity index (χ2v) is 6.48. The third kappa shape index (κ3) is 7.36. The van der Waals surface area contributed by atoms with Crippen LogP contribution in [0.1, 0.15) is 12.1 Å². The summed E-state index contributed by atoms with van der Waals surface area (Å²) in [5, 5.41) is 7.61. The molecule has 154 valence electrons. The van der Waals surface area contributed by atoms with E-state index in [1.807, 2.05) is 12.3 Å². The lowest BCUT2D eigenvalue weighted by molar-refractivity contribution is 0.0377. The van der Waals surface area contributed by atoms with Gasteiger partial charge in [-0.25, -0.2) is 9.07 Å². The quantitative estimate of drug-likeness (QED) is 0.249. The van der Waals surface area contributed by atoms with Crippen LogP contribution in [0, 0.1) is 5.82 Å². The third-order valence-corrected chi connectivity index (χ3v) is 4.44. The summed E-state index contributed by atoms with van der Waals surface area (Å²) < 4.78 is 20.1. The highest BCUT2D eigenvalue weighted by molar-refractivity contribution is 14.0. The standard InChI is InChI=1S/C19H27FN6O.HI/c20-16-2-4-18(5-3-16)26-11-7-17(24-26)6-9-23-19(21)22-8-1-10-25-12-14-27-15-13-25;/h2-5,7,11H,1,6,8-10,12-15H2,(H3,21,22,23);1H. The first kappa shape index (κ1) is 22.6. The highest BCUT2D eigenvalue weighted by atomic mass is 127. The highest BCUT2D eigenvalue weighted by Crippen LogP contribution is 2.09. The zero-order chi connectivity index (χ0) is 18.9. The average molecular weight is 502 g/mol. The Morgan fingerprint density at radius 3 is 2.71 bits per heavy atom. The number of nitrogens with two attached hydrogens (primary N) is 1. The molecular weight excluding hydrogens is 474 g/mol. The molecule has 3 rings (SSSR count). The van der Waals surface area contributed by atoms with Crippen LogP contribution in [0.15, 0.2) is 41.5 Å². The van der Waals surface area contributed by atoms with Crippen LogP contribution in [0.25, 0.3) is 5.69 Å². The number of benzene rings is 1. The van der Waals surface area contributed by atoms with Crippen molar-refractivity contribution in [2.45, 2.75) is 12.8 Å². The molecule has 7 nitrogen and oxygen atoms in total. The largest absolute Gasteiger partial charge is 0.379 e. The molecule has 0 unspecified atom stereocenters. The van der Waals surface area contributed by atoms with Gasteiger partial charge in [0, 0.05) is 45.3 Å². The van der Waals surface area contributed by atoms with Gasteiger partial charge >= 0.3 is 0 Å². The zero-order valence-electron chi connectivity index (χ0n) is 15.9. The van der Waals surface area contributed by atoms with Crippen LogP contribution < -0.4 is 11.1 Å². The van der Waals surface area contributed by atoms with Crippen LogP contribution in [0.3, 0.4) is 0 Å². The highest BCUT2D eigenvalue weighted by Gasteiger charge is 2.08. The van der Waals surface area contributed by atoms with Gasteiger partial charge in [0.15, 0.2) is 5.96 Å². The van der Waals surface area contributed by atoms with Gasteiger partial charge in [-0.2, -0.15) is 5.10 Å². The molecule has 0 atom stereocenters. The van der Waals surface area contributed by atoms with Crippen molar-refractivity contribution in [2.75, 3.05) is 45.9 Å². The van der Waals surface area contributed by atoms with E-state index in [1.165, 1.54) is 12.1 Å². The minimum Gasteiger partial charge on any atom is -0.379 e. The van der Waals surface area contributed by atoms with Crippen molar-refractivity contribution in [3.63, 3.8) is 0 Å². The molecule has 0 radical (unpaired) electrons. The Morgan fingerprint density at radius 2 is 1.96 bits per heavy atom. The number of hydrogen-bond donors (Lipinski definition) is 2. The molecule has 2 heterocycles. The van der Waals surface area contributed by atoms with Crippen molar-refractivity contribution in [2.24, 2.45) is 10.7 Å². The third-order valence-electron chi connectivity index (χ3n) is 4.44. The van der Waals surface area contributed by atoms with Crippen LogP contribution in [0.2, 0.25) is 0 Å². The topological polar surface area (TPSA) is 80.7 Å². The minimum absolute atomic E-state index is 0. The number of aromatic nitrogens is 2. The first-order chi connectivity index (χ1) is 13.2. The number of rotatable bonds is 8. The van der Waals surface area contributed by atoms with Gasteiger partial charge in [-0.15, -0.1) is 24.0 Å². The predicted molar refractivity (Wildman–Crippen MR) is 119 cm³/mol. The second kappa shape index (κ2) is 12.0. The van der Waals surface area contributed by atoms with Crippen molar-refractivity contribution < 1.29 is 9.13 Å². The fourth-order valence-electron chi connectivity index (χ4n) is 2.93. The first-order valence-corrected chi connectivity index (χ1v) is 9.35. The molecule has 0 aliphatic carbocycles. The minimum atomic E-state index is -0.255. The Labute approximate surface area is 182 Å². The molecule has 1 aliphatic heterocycles. The molecule has 9 heteroatoms. The summed E-state index contributed by atoms with van der Waals surface area (Å²) in [6, 6.07) is 8.20. The SMILES string of the molecule is I.NC(=NCCCN1CCOCC1)NCCc1ccn(-c2ccc(F)cc2)n1. The van der Waals surface area contributed by atoms with Crippen molar-refractivity contribution in [3.05, 3.63) is 48.0 Å². The maximum Gasteiger partial charge on any atom is 0.188 e. The molecule has 2 aromatic rings. The molecule has 1 saturated heterocycles. The summed E-state index contributed by atoms with van der Waals surface area (Å²) in [6.45, 7) is 6.06. The molecule has 0 saturated carbocycles. The van der Waals surface area contributed by atoms with E-state index in [4.69, 9.17) is 10.5 Å².